The molecule has 0 atom stereocenters. The number of carboxylic acid groups (broad SMARTS) is 2. The third-order valence-corrected chi connectivity index (χ3v) is 9.33. The molecule has 0 spiro atoms. The minimum atomic E-state index is -0.927. The average Bonchev–Trinajstić information content (AvgIpc) is 3.14. The Morgan fingerprint density at radius 3 is 1.75 bits per heavy atom. The number of para-hydroxylation sites is 2. The van der Waals surface area contributed by atoms with Gasteiger partial charge in [-0.25, -0.2) is 9.59 Å². The first kappa shape index (κ1) is 43.2. The standard InChI is InChI=1S/C15H15NO2.C15H13NO.C8H11N.C7H5BrO2.CH4/c1-10-7-8-11(2)14(9-10)16-13-6-4-3-5-12(13)15(17)18;1-9-7-8-10(2)14-13(9)15(17)11-5-3-4-6-12(11)16-14;1-6-3-4-7(2)8(9)5-6;8-6-4-2-1-3-5(6)7(9)10;/h3-9,16H,1-2H3,(H,17,18);3-8H,1-2H3,(H,16,17);3-5H,9H2,1-2H3;1-4H,(H,9,10);1H4. The fourth-order valence-electron chi connectivity index (χ4n) is 5.51. The van der Waals surface area contributed by atoms with Crippen molar-refractivity contribution >= 4 is 66.7 Å². The molecular formula is C46H48BrN3O5. The third kappa shape index (κ3) is 11.4. The molecule has 6 N–H and O–H groups in total. The van der Waals surface area contributed by atoms with Crippen LogP contribution in [0.15, 0.2) is 131 Å². The highest BCUT2D eigenvalue weighted by Gasteiger charge is 2.11. The molecule has 0 radical (unpaired) electrons. The van der Waals surface area contributed by atoms with Crippen molar-refractivity contribution in [2.75, 3.05) is 11.1 Å². The van der Waals surface area contributed by atoms with Gasteiger partial charge in [-0.2, -0.15) is 0 Å². The smallest absolute Gasteiger partial charge is 0.337 e. The molecule has 0 saturated heterocycles. The summed E-state index contributed by atoms with van der Waals surface area (Å²) in [5, 5.41) is 22.4. The topological polar surface area (TPSA) is 146 Å². The first-order valence-electron chi connectivity index (χ1n) is 17.2. The molecule has 55 heavy (non-hydrogen) atoms. The predicted molar refractivity (Wildman–Crippen MR) is 232 cm³/mol. The number of pyridine rings is 1. The van der Waals surface area contributed by atoms with E-state index in [1.807, 2.05) is 114 Å². The molecule has 0 amide bonds. The van der Waals surface area contributed by atoms with Crippen molar-refractivity contribution < 1.29 is 19.8 Å². The maximum Gasteiger partial charge on any atom is 0.337 e. The molecule has 0 saturated carbocycles. The van der Waals surface area contributed by atoms with Crippen molar-refractivity contribution in [3.63, 3.8) is 0 Å². The van der Waals surface area contributed by atoms with E-state index in [2.05, 4.69) is 32.3 Å². The summed E-state index contributed by atoms with van der Waals surface area (Å²) in [6, 6.07) is 37.4. The van der Waals surface area contributed by atoms with Crippen LogP contribution in [0.4, 0.5) is 17.1 Å². The van der Waals surface area contributed by atoms with Crippen LogP contribution in [0.5, 0.6) is 0 Å². The van der Waals surface area contributed by atoms with E-state index in [9.17, 15) is 14.4 Å². The van der Waals surface area contributed by atoms with Crippen LogP contribution >= 0.6 is 15.9 Å². The Labute approximate surface area is 330 Å². The molecule has 6 aromatic carbocycles. The number of carboxylic acids is 2. The van der Waals surface area contributed by atoms with E-state index in [-0.39, 0.29) is 18.4 Å². The molecule has 8 nitrogen and oxygen atoms in total. The Hall–Kier alpha value is -6.19. The van der Waals surface area contributed by atoms with Crippen LogP contribution in [0.1, 0.15) is 61.5 Å². The largest absolute Gasteiger partial charge is 0.478 e. The second kappa shape index (κ2) is 19.8. The maximum absolute atomic E-state index is 12.4. The van der Waals surface area contributed by atoms with E-state index in [1.54, 1.807) is 42.5 Å². The number of nitrogen functional groups attached to an aromatic ring is 1. The second-order valence-electron chi connectivity index (χ2n) is 12.9. The average molecular weight is 803 g/mol. The van der Waals surface area contributed by atoms with Gasteiger partial charge in [-0.3, -0.25) is 4.79 Å². The predicted octanol–water partition coefficient (Wildman–Crippen LogP) is 11.7. The summed E-state index contributed by atoms with van der Waals surface area (Å²) in [6.45, 7) is 12.0. The zero-order chi connectivity index (χ0) is 39.5. The zero-order valence-electron chi connectivity index (χ0n) is 31.1. The van der Waals surface area contributed by atoms with E-state index < -0.39 is 11.9 Å². The maximum atomic E-state index is 12.4. The van der Waals surface area contributed by atoms with Gasteiger partial charge in [0.05, 0.1) is 22.3 Å². The van der Waals surface area contributed by atoms with Crippen molar-refractivity contribution in [3.05, 3.63) is 181 Å². The first-order chi connectivity index (χ1) is 25.7. The number of hydrogen-bond acceptors (Lipinski definition) is 5. The number of nitrogens with one attached hydrogen (secondary N) is 2. The van der Waals surface area contributed by atoms with Crippen molar-refractivity contribution in [1.82, 2.24) is 4.98 Å². The van der Waals surface area contributed by atoms with E-state index in [1.165, 1.54) is 5.56 Å². The molecule has 1 heterocycles. The number of hydrogen-bond donors (Lipinski definition) is 5. The van der Waals surface area contributed by atoms with Crippen LogP contribution in [-0.2, 0) is 0 Å². The minimum absolute atomic E-state index is 0. The summed E-state index contributed by atoms with van der Waals surface area (Å²) in [5.74, 6) is -1.84. The van der Waals surface area contributed by atoms with E-state index in [0.717, 1.165) is 61.0 Å². The third-order valence-electron chi connectivity index (χ3n) is 8.64. The van der Waals surface area contributed by atoms with Crippen LogP contribution in [0.25, 0.3) is 21.8 Å². The highest BCUT2D eigenvalue weighted by Crippen LogP contribution is 2.25. The Balaban J connectivity index is 0.000000204. The number of rotatable bonds is 4. The number of anilines is 3. The lowest BCUT2D eigenvalue weighted by Crippen LogP contribution is -2.06. The van der Waals surface area contributed by atoms with Crippen LogP contribution in [0.2, 0.25) is 0 Å². The van der Waals surface area contributed by atoms with Crippen molar-refractivity contribution in [2.24, 2.45) is 0 Å². The number of H-pyrrole nitrogens is 1. The number of benzene rings is 6. The number of aromatic nitrogens is 1. The molecule has 0 bridgehead atoms. The molecule has 0 aliphatic heterocycles. The van der Waals surface area contributed by atoms with Crippen LogP contribution in [0.3, 0.4) is 0 Å². The van der Waals surface area contributed by atoms with Gasteiger partial charge in [-0.15, -0.1) is 0 Å². The molecule has 9 heteroatoms. The van der Waals surface area contributed by atoms with Gasteiger partial charge in [0.2, 0.25) is 0 Å². The SMILES string of the molecule is C.Cc1ccc(C)c(N)c1.Cc1ccc(C)c(Nc2ccccc2C(=O)O)c1.Cc1ccc(C)c2c(=O)c3ccccc3[nH]c12.O=C(O)c1ccccc1Br. The van der Waals surface area contributed by atoms with Crippen molar-refractivity contribution in [1.29, 1.82) is 0 Å². The number of carbonyl (C=O) groups is 2. The summed E-state index contributed by atoms with van der Waals surface area (Å²) >= 11 is 3.12. The highest BCUT2D eigenvalue weighted by atomic mass is 79.9. The molecule has 0 aliphatic rings. The van der Waals surface area contributed by atoms with Gasteiger partial charge in [0.25, 0.3) is 0 Å². The Kier molecular flexibility index (Phi) is 15.5. The Bertz CT molecular complexity index is 2510. The summed E-state index contributed by atoms with van der Waals surface area (Å²) in [5.41, 5.74) is 17.3. The molecule has 7 aromatic rings. The van der Waals surface area contributed by atoms with E-state index >= 15 is 0 Å². The van der Waals surface area contributed by atoms with Crippen LogP contribution in [0, 0.1) is 41.5 Å². The monoisotopic (exact) mass is 801 g/mol. The normalized spacial score (nSPS) is 10.0. The number of halogens is 1. The number of aromatic carboxylic acids is 2. The summed E-state index contributed by atoms with van der Waals surface area (Å²) in [7, 11) is 0. The fourth-order valence-corrected chi connectivity index (χ4v) is 5.97. The van der Waals surface area contributed by atoms with Gasteiger partial charge < -0.3 is 26.2 Å². The Morgan fingerprint density at radius 1 is 0.618 bits per heavy atom. The summed E-state index contributed by atoms with van der Waals surface area (Å²) in [6.07, 6.45) is 0. The number of nitrogens with two attached hydrogens (primary N) is 1. The zero-order valence-corrected chi connectivity index (χ0v) is 32.7. The van der Waals surface area contributed by atoms with Crippen LogP contribution in [-0.4, -0.2) is 27.1 Å². The van der Waals surface area contributed by atoms with Crippen molar-refractivity contribution in [3.8, 4) is 0 Å². The van der Waals surface area contributed by atoms with Crippen molar-refractivity contribution in [2.45, 2.75) is 49.0 Å². The van der Waals surface area contributed by atoms with Gasteiger partial charge in [0.1, 0.15) is 0 Å². The lowest BCUT2D eigenvalue weighted by Gasteiger charge is -2.12. The van der Waals surface area contributed by atoms with Gasteiger partial charge in [-0.1, -0.05) is 80.2 Å². The summed E-state index contributed by atoms with van der Waals surface area (Å²) in [4.78, 5) is 37.3. The minimum Gasteiger partial charge on any atom is -0.478 e. The van der Waals surface area contributed by atoms with E-state index in [4.69, 9.17) is 15.9 Å². The molecule has 1 aromatic heterocycles. The van der Waals surface area contributed by atoms with Gasteiger partial charge >= 0.3 is 11.9 Å². The number of aromatic amines is 1. The van der Waals surface area contributed by atoms with Crippen LogP contribution < -0.4 is 16.5 Å². The van der Waals surface area contributed by atoms with Gasteiger partial charge in [0, 0.05) is 32.1 Å². The van der Waals surface area contributed by atoms with Gasteiger partial charge in [-0.05, 0) is 139 Å². The molecule has 0 fully saturated rings. The summed E-state index contributed by atoms with van der Waals surface area (Å²) < 4.78 is 0.613. The molecular weight excluding hydrogens is 754 g/mol. The number of fused-ring (bicyclic) bond motifs is 2. The number of aryl methyl sites for hydroxylation is 6. The quantitative estimate of drug-likeness (QED) is 0.0879. The second-order valence-corrected chi connectivity index (χ2v) is 13.7. The first-order valence-corrected chi connectivity index (χ1v) is 17.9. The molecule has 0 aliphatic carbocycles. The Morgan fingerprint density at radius 2 is 1.15 bits per heavy atom. The molecule has 0 unspecified atom stereocenters. The highest BCUT2D eigenvalue weighted by molar-refractivity contribution is 9.10. The van der Waals surface area contributed by atoms with Gasteiger partial charge in [0.15, 0.2) is 5.43 Å². The van der Waals surface area contributed by atoms with E-state index in [0.29, 0.717) is 15.7 Å². The molecule has 284 valence electrons. The fraction of sp³-hybridized carbons (Fsp3) is 0.152. The molecule has 7 rings (SSSR count). The lowest BCUT2D eigenvalue weighted by atomic mass is 10.0. The lowest BCUT2D eigenvalue weighted by molar-refractivity contribution is 0.0686.